The van der Waals surface area contributed by atoms with Gasteiger partial charge in [-0.25, -0.2) is 0 Å². The first kappa shape index (κ1) is 14.1. The third-order valence-corrected chi connectivity index (χ3v) is 4.47. The minimum Gasteiger partial charge on any atom is -0.493 e. The van der Waals surface area contributed by atoms with Crippen LogP contribution in [0.4, 0.5) is 0 Å². The average Bonchev–Trinajstić information content (AvgIpc) is 3.03. The van der Waals surface area contributed by atoms with Crippen LogP contribution in [0.5, 0.6) is 5.75 Å². The zero-order valence-corrected chi connectivity index (χ0v) is 13.0. The molecule has 108 valence electrons. The minimum absolute atomic E-state index is 0.718. The molecule has 0 radical (unpaired) electrons. The molecule has 1 aromatic heterocycles. The molecule has 1 N–H and O–H groups in total. The molecule has 0 saturated carbocycles. The molecule has 2 nitrogen and oxygen atoms in total. The average molecular weight is 297 g/mol. The maximum absolute atomic E-state index is 6.04. The summed E-state index contributed by atoms with van der Waals surface area (Å²) in [5.41, 5.74) is 1.24. The molecule has 0 aliphatic carbocycles. The predicted octanol–water partition coefficient (Wildman–Crippen LogP) is 4.24. The van der Waals surface area contributed by atoms with Crippen molar-refractivity contribution >= 4 is 22.1 Å². The zero-order chi connectivity index (χ0) is 14.5. The van der Waals surface area contributed by atoms with Gasteiger partial charge in [0.25, 0.3) is 0 Å². The molecule has 21 heavy (non-hydrogen) atoms. The topological polar surface area (TPSA) is 21.3 Å². The van der Waals surface area contributed by atoms with Gasteiger partial charge in [0.15, 0.2) is 0 Å². The molecule has 3 rings (SSSR count). The lowest BCUT2D eigenvalue weighted by Gasteiger charge is -2.14. The molecule has 2 aromatic carbocycles. The van der Waals surface area contributed by atoms with Crippen LogP contribution in [0.2, 0.25) is 0 Å². The number of fused-ring (bicyclic) bond motifs is 1. The summed E-state index contributed by atoms with van der Waals surface area (Å²) in [7, 11) is 1.97. The molecular formula is C18H19NOS. The van der Waals surface area contributed by atoms with E-state index in [9.17, 15) is 0 Å². The Morgan fingerprint density at radius 3 is 2.76 bits per heavy atom. The van der Waals surface area contributed by atoms with E-state index in [4.69, 9.17) is 4.74 Å². The van der Waals surface area contributed by atoms with Gasteiger partial charge in [-0.2, -0.15) is 0 Å². The molecule has 3 aromatic rings. The Hall–Kier alpha value is -1.84. The molecular weight excluding hydrogens is 278 g/mol. The third-order valence-electron chi connectivity index (χ3n) is 3.54. The van der Waals surface area contributed by atoms with Crippen LogP contribution in [0.15, 0.2) is 53.9 Å². The van der Waals surface area contributed by atoms with Gasteiger partial charge in [0.1, 0.15) is 5.75 Å². The summed E-state index contributed by atoms with van der Waals surface area (Å²) in [4.78, 5) is 1.37. The first-order valence-electron chi connectivity index (χ1n) is 7.19. The van der Waals surface area contributed by atoms with E-state index < -0.39 is 0 Å². The largest absolute Gasteiger partial charge is 0.493 e. The van der Waals surface area contributed by atoms with Crippen LogP contribution in [-0.2, 0) is 13.0 Å². The highest BCUT2D eigenvalue weighted by molar-refractivity contribution is 7.09. The van der Waals surface area contributed by atoms with Crippen molar-refractivity contribution in [2.75, 3.05) is 13.7 Å². The van der Waals surface area contributed by atoms with Crippen molar-refractivity contribution in [1.82, 2.24) is 5.32 Å². The van der Waals surface area contributed by atoms with Crippen LogP contribution in [-0.4, -0.2) is 13.7 Å². The predicted molar refractivity (Wildman–Crippen MR) is 90.2 cm³/mol. The highest BCUT2D eigenvalue weighted by atomic mass is 32.1. The second kappa shape index (κ2) is 6.74. The van der Waals surface area contributed by atoms with Crippen LogP contribution < -0.4 is 10.1 Å². The van der Waals surface area contributed by atoms with E-state index in [-0.39, 0.29) is 0 Å². The van der Waals surface area contributed by atoms with E-state index in [0.29, 0.717) is 0 Å². The van der Waals surface area contributed by atoms with Crippen LogP contribution in [0.25, 0.3) is 10.8 Å². The molecule has 0 unspecified atom stereocenters. The van der Waals surface area contributed by atoms with Crippen molar-refractivity contribution < 1.29 is 4.74 Å². The van der Waals surface area contributed by atoms with Crippen LogP contribution in [0.1, 0.15) is 10.4 Å². The summed E-state index contributed by atoms with van der Waals surface area (Å²) in [6, 6.07) is 16.9. The van der Waals surface area contributed by atoms with Gasteiger partial charge < -0.3 is 10.1 Å². The molecule has 0 atom stereocenters. The fraction of sp³-hybridized carbons (Fsp3) is 0.222. The molecule has 0 amide bonds. The lowest BCUT2D eigenvalue weighted by atomic mass is 10.0. The fourth-order valence-electron chi connectivity index (χ4n) is 2.53. The van der Waals surface area contributed by atoms with E-state index in [2.05, 4.69) is 59.2 Å². The lowest BCUT2D eigenvalue weighted by molar-refractivity contribution is 0.319. The highest BCUT2D eigenvalue weighted by Crippen LogP contribution is 2.28. The van der Waals surface area contributed by atoms with E-state index in [0.717, 1.165) is 25.3 Å². The molecule has 0 saturated heterocycles. The van der Waals surface area contributed by atoms with Crippen molar-refractivity contribution in [1.29, 1.82) is 0 Å². The van der Waals surface area contributed by atoms with Crippen LogP contribution in [0.3, 0.4) is 0 Å². The van der Waals surface area contributed by atoms with Gasteiger partial charge in [0.2, 0.25) is 0 Å². The van der Waals surface area contributed by atoms with Crippen molar-refractivity contribution in [3.8, 4) is 5.75 Å². The molecule has 0 aliphatic heterocycles. The van der Waals surface area contributed by atoms with Gasteiger partial charge in [-0.15, -0.1) is 11.3 Å². The fourth-order valence-corrected chi connectivity index (χ4v) is 3.22. The van der Waals surface area contributed by atoms with Crippen LogP contribution >= 0.6 is 11.3 Å². The molecule has 0 fully saturated rings. The normalized spacial score (nSPS) is 10.9. The number of hydrogen-bond donors (Lipinski definition) is 1. The first-order valence-corrected chi connectivity index (χ1v) is 8.07. The van der Waals surface area contributed by atoms with Crippen molar-refractivity contribution in [2.45, 2.75) is 13.0 Å². The SMILES string of the molecule is CNCc1c(OCCc2cccs2)ccc2ccccc12. The van der Waals surface area contributed by atoms with E-state index in [1.807, 2.05) is 7.05 Å². The van der Waals surface area contributed by atoms with Crippen molar-refractivity contribution in [2.24, 2.45) is 0 Å². The smallest absolute Gasteiger partial charge is 0.124 e. The van der Waals surface area contributed by atoms with Crippen molar-refractivity contribution in [3.63, 3.8) is 0 Å². The number of thiophene rings is 1. The summed E-state index contributed by atoms with van der Waals surface area (Å²) < 4.78 is 6.04. The summed E-state index contributed by atoms with van der Waals surface area (Å²) in [5.74, 6) is 0.986. The number of nitrogens with one attached hydrogen (secondary N) is 1. The number of rotatable bonds is 6. The summed E-state index contributed by atoms with van der Waals surface area (Å²) >= 11 is 1.78. The van der Waals surface area contributed by atoms with Gasteiger partial charge in [-0.1, -0.05) is 36.4 Å². The highest BCUT2D eigenvalue weighted by Gasteiger charge is 2.08. The zero-order valence-electron chi connectivity index (χ0n) is 12.1. The molecule has 0 bridgehead atoms. The number of hydrogen-bond acceptors (Lipinski definition) is 3. The summed E-state index contributed by atoms with van der Waals surface area (Å²) in [6.07, 6.45) is 0.962. The molecule has 0 aliphatic rings. The Bertz CT molecular complexity index is 706. The Balaban J connectivity index is 1.81. The van der Waals surface area contributed by atoms with E-state index >= 15 is 0 Å². The van der Waals surface area contributed by atoms with Crippen LogP contribution in [0, 0.1) is 0 Å². The van der Waals surface area contributed by atoms with Gasteiger partial charge >= 0.3 is 0 Å². The summed E-state index contributed by atoms with van der Waals surface area (Å²) in [6.45, 7) is 1.53. The maximum Gasteiger partial charge on any atom is 0.124 e. The Morgan fingerprint density at radius 1 is 1.05 bits per heavy atom. The van der Waals surface area contributed by atoms with Crippen molar-refractivity contribution in [3.05, 3.63) is 64.4 Å². The third kappa shape index (κ3) is 3.26. The molecule has 3 heteroatoms. The van der Waals surface area contributed by atoms with E-state index in [1.54, 1.807) is 11.3 Å². The van der Waals surface area contributed by atoms with Gasteiger partial charge in [0.05, 0.1) is 6.61 Å². The first-order chi connectivity index (χ1) is 10.4. The molecule has 1 heterocycles. The van der Waals surface area contributed by atoms with Gasteiger partial charge in [-0.3, -0.25) is 0 Å². The van der Waals surface area contributed by atoms with E-state index in [1.165, 1.54) is 21.2 Å². The quantitative estimate of drug-likeness (QED) is 0.734. The van der Waals surface area contributed by atoms with Gasteiger partial charge in [0, 0.05) is 23.4 Å². The molecule has 0 spiro atoms. The summed E-state index contributed by atoms with van der Waals surface area (Å²) in [5, 5.41) is 7.87. The van der Waals surface area contributed by atoms with Gasteiger partial charge in [-0.05, 0) is 35.3 Å². The maximum atomic E-state index is 6.04. The second-order valence-corrected chi connectivity index (χ2v) is 6.00. The Morgan fingerprint density at radius 2 is 1.95 bits per heavy atom. The Kier molecular flexibility index (Phi) is 4.53. The number of benzene rings is 2. The standard InChI is InChI=1S/C18H19NOS/c1-19-13-17-16-7-3-2-5-14(16)8-9-18(17)20-11-10-15-6-4-12-21-15/h2-9,12,19H,10-11,13H2,1H3. The number of ether oxygens (including phenoxy) is 1. The monoisotopic (exact) mass is 297 g/mol. The Labute approximate surface area is 129 Å². The lowest BCUT2D eigenvalue weighted by Crippen LogP contribution is -2.09. The second-order valence-electron chi connectivity index (χ2n) is 4.97. The minimum atomic E-state index is 0.718.